The van der Waals surface area contributed by atoms with Crippen molar-refractivity contribution in [3.8, 4) is 0 Å². The molecule has 0 spiro atoms. The zero-order valence-electron chi connectivity index (χ0n) is 7.51. The second-order valence-electron chi connectivity index (χ2n) is 2.88. The van der Waals surface area contributed by atoms with Gasteiger partial charge in [0.1, 0.15) is 0 Å². The first-order valence-corrected chi connectivity index (χ1v) is 3.71. The van der Waals surface area contributed by atoms with Gasteiger partial charge in [0.25, 0.3) is 0 Å². The van der Waals surface area contributed by atoms with Crippen LogP contribution in [0.15, 0.2) is 4.99 Å². The van der Waals surface area contributed by atoms with Crippen molar-refractivity contribution in [2.75, 3.05) is 7.05 Å². The van der Waals surface area contributed by atoms with Crippen LogP contribution < -0.4 is 0 Å². The highest BCUT2D eigenvalue weighted by Crippen LogP contribution is 2.01. The molecule has 0 radical (unpaired) electrons. The molecule has 0 aromatic carbocycles. The summed E-state index contributed by atoms with van der Waals surface area (Å²) < 4.78 is 5.41. The summed E-state index contributed by atoms with van der Waals surface area (Å²) in [6.07, 6.45) is 0.237. The molecule has 0 fully saturated rings. The molecule has 0 bridgehead atoms. The molecule has 10 heavy (non-hydrogen) atoms. The first kappa shape index (κ1) is 9.47. The highest BCUT2D eigenvalue weighted by Gasteiger charge is 2.06. The third kappa shape index (κ3) is 3.49. The second kappa shape index (κ2) is 4.31. The molecular weight excluding hydrogens is 126 g/mol. The quantitative estimate of drug-likeness (QED) is 0.428. The van der Waals surface area contributed by atoms with E-state index in [1.54, 1.807) is 7.05 Å². The summed E-state index contributed by atoms with van der Waals surface area (Å²) in [5.41, 5.74) is 0. The van der Waals surface area contributed by atoms with Crippen molar-refractivity contribution >= 4 is 5.90 Å². The topological polar surface area (TPSA) is 21.6 Å². The van der Waals surface area contributed by atoms with Crippen molar-refractivity contribution < 1.29 is 4.74 Å². The van der Waals surface area contributed by atoms with E-state index in [2.05, 4.69) is 18.8 Å². The van der Waals surface area contributed by atoms with Crippen LogP contribution in [0.4, 0.5) is 0 Å². The van der Waals surface area contributed by atoms with E-state index in [1.165, 1.54) is 0 Å². The van der Waals surface area contributed by atoms with Gasteiger partial charge in [0.15, 0.2) is 5.90 Å². The number of nitrogens with zero attached hydrogens (tertiary/aromatic N) is 1. The lowest BCUT2D eigenvalue weighted by atomic mass is 10.2. The van der Waals surface area contributed by atoms with Crippen molar-refractivity contribution in [1.29, 1.82) is 0 Å². The first-order chi connectivity index (χ1) is 4.57. The summed E-state index contributed by atoms with van der Waals surface area (Å²) >= 11 is 0. The minimum atomic E-state index is 0.237. The van der Waals surface area contributed by atoms with Gasteiger partial charge in [-0.25, -0.2) is 0 Å². The summed E-state index contributed by atoms with van der Waals surface area (Å²) in [6.45, 7) is 8.16. The predicted molar refractivity (Wildman–Crippen MR) is 44.4 cm³/mol. The molecule has 2 heteroatoms. The average molecular weight is 143 g/mol. The van der Waals surface area contributed by atoms with E-state index in [0.29, 0.717) is 5.92 Å². The van der Waals surface area contributed by atoms with Gasteiger partial charge in [0.05, 0.1) is 6.10 Å². The van der Waals surface area contributed by atoms with Crippen LogP contribution in [0.2, 0.25) is 0 Å². The Balaban J connectivity index is 3.86. The van der Waals surface area contributed by atoms with Crippen LogP contribution in [-0.2, 0) is 4.74 Å². The molecule has 0 saturated heterocycles. The van der Waals surface area contributed by atoms with Crippen molar-refractivity contribution in [3.63, 3.8) is 0 Å². The largest absolute Gasteiger partial charge is 0.478 e. The lowest BCUT2D eigenvalue weighted by molar-refractivity contribution is 0.213. The number of hydrogen-bond acceptors (Lipinski definition) is 2. The molecule has 2 nitrogen and oxygen atoms in total. The van der Waals surface area contributed by atoms with Crippen LogP contribution in [0.25, 0.3) is 0 Å². The van der Waals surface area contributed by atoms with E-state index in [1.807, 2.05) is 13.8 Å². The molecule has 0 heterocycles. The van der Waals surface area contributed by atoms with Gasteiger partial charge in [-0.3, -0.25) is 4.99 Å². The Morgan fingerprint density at radius 2 is 1.70 bits per heavy atom. The lowest BCUT2D eigenvalue weighted by Crippen LogP contribution is -2.16. The maximum absolute atomic E-state index is 5.41. The molecule has 0 aromatic rings. The Kier molecular flexibility index (Phi) is 4.08. The van der Waals surface area contributed by atoms with Crippen LogP contribution in [0.5, 0.6) is 0 Å². The number of aliphatic imine (C=N–C) groups is 1. The standard InChI is InChI=1S/C8H17NO/c1-6(2)8(9-5)10-7(3)4/h6-7H,1-5H3. The SMILES string of the molecule is CN=C(OC(C)C)C(C)C. The first-order valence-electron chi connectivity index (χ1n) is 3.71. The van der Waals surface area contributed by atoms with Crippen LogP contribution in [0.1, 0.15) is 27.7 Å². The zero-order valence-corrected chi connectivity index (χ0v) is 7.51. The zero-order chi connectivity index (χ0) is 8.15. The van der Waals surface area contributed by atoms with E-state index in [9.17, 15) is 0 Å². The Bertz CT molecular complexity index is 116. The fraction of sp³-hybridized carbons (Fsp3) is 0.875. The van der Waals surface area contributed by atoms with E-state index >= 15 is 0 Å². The highest BCUT2D eigenvalue weighted by atomic mass is 16.5. The summed E-state index contributed by atoms with van der Waals surface area (Å²) in [4.78, 5) is 4.02. The Hall–Kier alpha value is -0.530. The van der Waals surface area contributed by atoms with Crippen LogP contribution in [-0.4, -0.2) is 19.0 Å². The number of rotatable bonds is 2. The number of ether oxygens (including phenoxy) is 1. The maximum atomic E-state index is 5.41. The van der Waals surface area contributed by atoms with Gasteiger partial charge < -0.3 is 4.74 Å². The average Bonchev–Trinajstić information content (AvgIpc) is 1.81. The normalized spacial score (nSPS) is 12.9. The van der Waals surface area contributed by atoms with E-state index in [0.717, 1.165) is 5.90 Å². The molecular formula is C8H17NO. The molecule has 0 aliphatic rings. The van der Waals surface area contributed by atoms with E-state index in [4.69, 9.17) is 4.74 Å². The van der Waals surface area contributed by atoms with Gasteiger partial charge in [0.2, 0.25) is 0 Å². The third-order valence-corrected chi connectivity index (χ3v) is 1.07. The molecule has 60 valence electrons. The Morgan fingerprint density at radius 1 is 1.20 bits per heavy atom. The minimum Gasteiger partial charge on any atom is -0.478 e. The maximum Gasteiger partial charge on any atom is 0.185 e. The monoisotopic (exact) mass is 143 g/mol. The van der Waals surface area contributed by atoms with Crippen LogP contribution >= 0.6 is 0 Å². The molecule has 0 amide bonds. The Labute approximate surface area is 63.3 Å². The smallest absolute Gasteiger partial charge is 0.185 e. The second-order valence-corrected chi connectivity index (χ2v) is 2.88. The van der Waals surface area contributed by atoms with Crippen LogP contribution in [0.3, 0.4) is 0 Å². The lowest BCUT2D eigenvalue weighted by Gasteiger charge is -2.14. The van der Waals surface area contributed by atoms with E-state index in [-0.39, 0.29) is 6.10 Å². The molecule has 0 rings (SSSR count). The van der Waals surface area contributed by atoms with Gasteiger partial charge >= 0.3 is 0 Å². The molecule has 0 aliphatic carbocycles. The fourth-order valence-corrected chi connectivity index (χ4v) is 0.688. The molecule has 0 atom stereocenters. The number of hydrogen-bond donors (Lipinski definition) is 0. The van der Waals surface area contributed by atoms with Crippen molar-refractivity contribution in [2.45, 2.75) is 33.8 Å². The molecule has 0 unspecified atom stereocenters. The predicted octanol–water partition coefficient (Wildman–Crippen LogP) is 2.10. The van der Waals surface area contributed by atoms with Crippen molar-refractivity contribution in [2.24, 2.45) is 10.9 Å². The van der Waals surface area contributed by atoms with Gasteiger partial charge in [-0.2, -0.15) is 0 Å². The van der Waals surface area contributed by atoms with Crippen LogP contribution in [0, 0.1) is 5.92 Å². The highest BCUT2D eigenvalue weighted by molar-refractivity contribution is 5.77. The van der Waals surface area contributed by atoms with E-state index < -0.39 is 0 Å². The molecule has 0 aromatic heterocycles. The minimum absolute atomic E-state index is 0.237. The van der Waals surface area contributed by atoms with Gasteiger partial charge in [-0.15, -0.1) is 0 Å². The molecule has 0 aliphatic heterocycles. The van der Waals surface area contributed by atoms with Gasteiger partial charge in [-0.05, 0) is 13.8 Å². The molecule has 0 N–H and O–H groups in total. The van der Waals surface area contributed by atoms with Crippen molar-refractivity contribution in [3.05, 3.63) is 0 Å². The Morgan fingerprint density at radius 3 is 1.80 bits per heavy atom. The summed E-state index contributed by atoms with van der Waals surface area (Å²) in [7, 11) is 1.76. The fourth-order valence-electron chi connectivity index (χ4n) is 0.688. The molecule has 0 saturated carbocycles. The summed E-state index contributed by atoms with van der Waals surface area (Å²) in [5.74, 6) is 1.24. The van der Waals surface area contributed by atoms with Gasteiger partial charge in [-0.1, -0.05) is 13.8 Å². The summed E-state index contributed by atoms with van der Waals surface area (Å²) in [5, 5.41) is 0. The third-order valence-electron chi connectivity index (χ3n) is 1.07. The van der Waals surface area contributed by atoms with Gasteiger partial charge in [0, 0.05) is 13.0 Å². The van der Waals surface area contributed by atoms with Crippen molar-refractivity contribution in [1.82, 2.24) is 0 Å². The summed E-state index contributed by atoms with van der Waals surface area (Å²) in [6, 6.07) is 0.